The summed E-state index contributed by atoms with van der Waals surface area (Å²) < 4.78 is 11.5. The number of hydrogen-bond acceptors (Lipinski definition) is 4. The van der Waals surface area contributed by atoms with Crippen molar-refractivity contribution in [3.05, 3.63) is 59.7 Å². The molecule has 7 heteroatoms. The number of ether oxygens (including phenoxy) is 2. The number of urea groups is 1. The van der Waals surface area contributed by atoms with Crippen LogP contribution in [0.3, 0.4) is 0 Å². The van der Waals surface area contributed by atoms with E-state index < -0.39 is 5.79 Å². The Morgan fingerprint density at radius 1 is 0.875 bits per heavy atom. The minimum atomic E-state index is -0.489. The van der Waals surface area contributed by atoms with Gasteiger partial charge in [0.25, 0.3) is 5.91 Å². The molecule has 5 rings (SSSR count). The fourth-order valence-electron chi connectivity index (χ4n) is 4.81. The van der Waals surface area contributed by atoms with E-state index in [2.05, 4.69) is 11.4 Å². The van der Waals surface area contributed by atoms with Crippen molar-refractivity contribution >= 4 is 23.3 Å². The highest BCUT2D eigenvalue weighted by molar-refractivity contribution is 6.02. The summed E-state index contributed by atoms with van der Waals surface area (Å²) in [5, 5.41) is 2.99. The Hall–Kier alpha value is -2.90. The summed E-state index contributed by atoms with van der Waals surface area (Å²) >= 11 is 0. The van der Waals surface area contributed by atoms with Crippen LogP contribution in [0.5, 0.6) is 0 Å². The number of piperidine rings is 1. The number of amides is 3. The molecule has 7 nitrogen and oxygen atoms in total. The predicted octanol–water partition coefficient (Wildman–Crippen LogP) is 4.04. The van der Waals surface area contributed by atoms with Gasteiger partial charge in [-0.1, -0.05) is 18.2 Å². The van der Waals surface area contributed by atoms with Gasteiger partial charge in [-0.25, -0.2) is 4.79 Å². The second-order valence-corrected chi connectivity index (χ2v) is 8.64. The van der Waals surface area contributed by atoms with Crippen LogP contribution in [0.4, 0.5) is 16.2 Å². The summed E-state index contributed by atoms with van der Waals surface area (Å²) in [6.07, 6.45) is 4.44. The Labute approximate surface area is 188 Å². The van der Waals surface area contributed by atoms with Crippen molar-refractivity contribution < 1.29 is 19.1 Å². The van der Waals surface area contributed by atoms with Gasteiger partial charge in [-0.2, -0.15) is 0 Å². The van der Waals surface area contributed by atoms with Gasteiger partial charge in [-0.3, -0.25) is 9.69 Å². The van der Waals surface area contributed by atoms with Crippen molar-refractivity contribution in [2.45, 2.75) is 37.9 Å². The van der Waals surface area contributed by atoms with Crippen molar-refractivity contribution in [2.24, 2.45) is 0 Å². The molecule has 3 heterocycles. The van der Waals surface area contributed by atoms with E-state index in [9.17, 15) is 9.59 Å². The van der Waals surface area contributed by atoms with Gasteiger partial charge in [0, 0.05) is 49.4 Å². The molecule has 0 aromatic heterocycles. The van der Waals surface area contributed by atoms with Crippen molar-refractivity contribution in [2.75, 3.05) is 43.1 Å². The highest BCUT2D eigenvalue weighted by atomic mass is 16.7. The molecule has 32 heavy (non-hydrogen) atoms. The molecule has 3 amide bonds. The lowest BCUT2D eigenvalue weighted by Crippen LogP contribution is -2.47. The van der Waals surface area contributed by atoms with Gasteiger partial charge < -0.3 is 19.7 Å². The fraction of sp³-hybridized carbons (Fsp3) is 0.440. The van der Waals surface area contributed by atoms with Gasteiger partial charge in [0.1, 0.15) is 0 Å². The minimum Gasteiger partial charge on any atom is -0.347 e. The van der Waals surface area contributed by atoms with Gasteiger partial charge >= 0.3 is 6.03 Å². The first-order valence-corrected chi connectivity index (χ1v) is 11.5. The van der Waals surface area contributed by atoms with Crippen LogP contribution in [-0.2, 0) is 15.9 Å². The van der Waals surface area contributed by atoms with E-state index in [1.807, 2.05) is 28.0 Å². The summed E-state index contributed by atoms with van der Waals surface area (Å²) in [5.41, 5.74) is 3.48. The monoisotopic (exact) mass is 435 g/mol. The number of nitrogens with one attached hydrogen (secondary N) is 1. The van der Waals surface area contributed by atoms with Gasteiger partial charge in [0.15, 0.2) is 5.79 Å². The Balaban J connectivity index is 1.21. The third kappa shape index (κ3) is 4.23. The highest BCUT2D eigenvalue weighted by Crippen LogP contribution is 2.32. The lowest BCUT2D eigenvalue weighted by Gasteiger charge is -2.37. The summed E-state index contributed by atoms with van der Waals surface area (Å²) in [4.78, 5) is 29.6. The van der Waals surface area contributed by atoms with Gasteiger partial charge in [-0.05, 0) is 55.2 Å². The summed E-state index contributed by atoms with van der Waals surface area (Å²) in [6.45, 7) is 3.19. The number of aryl methyl sites for hydroxylation is 1. The zero-order chi connectivity index (χ0) is 22.0. The maximum Gasteiger partial charge on any atom is 0.326 e. The average Bonchev–Trinajstić information content (AvgIpc) is 3.16. The largest absolute Gasteiger partial charge is 0.347 e. The molecule has 3 aliphatic heterocycles. The van der Waals surface area contributed by atoms with Crippen LogP contribution in [0.25, 0.3) is 0 Å². The number of benzene rings is 2. The summed E-state index contributed by atoms with van der Waals surface area (Å²) in [6, 6.07) is 15.1. The minimum absolute atomic E-state index is 0.00262. The SMILES string of the molecule is O=C(c1ccc(NC(=O)N2CCCCc3ccccc32)cc1)N1CCC2(CC1)OCCO2. The van der Waals surface area contributed by atoms with Crippen LogP contribution in [0.1, 0.15) is 41.6 Å². The molecule has 0 bridgehead atoms. The number of rotatable bonds is 2. The zero-order valence-corrected chi connectivity index (χ0v) is 18.2. The second-order valence-electron chi connectivity index (χ2n) is 8.64. The molecular formula is C25H29N3O4. The highest BCUT2D eigenvalue weighted by Gasteiger charge is 2.40. The Morgan fingerprint density at radius 2 is 1.59 bits per heavy atom. The lowest BCUT2D eigenvalue weighted by atomic mass is 10.0. The zero-order valence-electron chi connectivity index (χ0n) is 18.2. The van der Waals surface area contributed by atoms with Crippen LogP contribution < -0.4 is 10.2 Å². The van der Waals surface area contributed by atoms with E-state index in [-0.39, 0.29) is 11.9 Å². The van der Waals surface area contributed by atoms with Crippen LogP contribution >= 0.6 is 0 Å². The summed E-state index contributed by atoms with van der Waals surface area (Å²) in [7, 11) is 0. The van der Waals surface area contributed by atoms with Crippen molar-refractivity contribution in [1.82, 2.24) is 4.90 Å². The Kier molecular flexibility index (Phi) is 5.85. The quantitative estimate of drug-likeness (QED) is 0.773. The third-order valence-corrected chi connectivity index (χ3v) is 6.61. The van der Waals surface area contributed by atoms with E-state index in [1.54, 1.807) is 24.3 Å². The molecule has 2 aromatic rings. The molecule has 0 atom stereocenters. The van der Waals surface area contributed by atoms with Gasteiger partial charge in [0.05, 0.1) is 13.2 Å². The maximum atomic E-state index is 13.0. The molecule has 0 unspecified atom stereocenters. The number of carbonyl (C=O) groups is 2. The molecular weight excluding hydrogens is 406 g/mol. The van der Waals surface area contributed by atoms with Crippen molar-refractivity contribution in [3.8, 4) is 0 Å². The predicted molar refractivity (Wildman–Crippen MR) is 122 cm³/mol. The number of para-hydroxylation sites is 1. The van der Waals surface area contributed by atoms with Crippen LogP contribution in [0.15, 0.2) is 48.5 Å². The van der Waals surface area contributed by atoms with E-state index >= 15 is 0 Å². The standard InChI is InChI=1S/C25H29N3O4/c29-23(27-15-12-25(13-16-27)31-17-18-32-25)20-8-10-21(11-9-20)26-24(30)28-14-4-3-6-19-5-1-2-7-22(19)28/h1-2,5,7-11H,3-4,6,12-18H2,(H,26,30). The number of carbonyl (C=O) groups excluding carboxylic acids is 2. The van der Waals surface area contributed by atoms with E-state index in [4.69, 9.17) is 9.47 Å². The topological polar surface area (TPSA) is 71.1 Å². The van der Waals surface area contributed by atoms with Gasteiger partial charge in [0.2, 0.25) is 0 Å². The number of nitrogens with zero attached hydrogens (tertiary/aromatic N) is 2. The first-order valence-electron chi connectivity index (χ1n) is 11.5. The first kappa shape index (κ1) is 21.0. The first-order chi connectivity index (χ1) is 15.6. The van der Waals surface area contributed by atoms with Crippen molar-refractivity contribution in [3.63, 3.8) is 0 Å². The molecule has 1 N–H and O–H groups in total. The number of anilines is 2. The van der Waals surface area contributed by atoms with E-state index in [0.29, 0.717) is 56.9 Å². The molecule has 2 aromatic carbocycles. The summed E-state index contributed by atoms with van der Waals surface area (Å²) in [5.74, 6) is -0.492. The average molecular weight is 436 g/mol. The van der Waals surface area contributed by atoms with E-state index in [0.717, 1.165) is 24.9 Å². The molecule has 168 valence electrons. The smallest absolute Gasteiger partial charge is 0.326 e. The molecule has 0 saturated carbocycles. The molecule has 1 spiro atoms. The Morgan fingerprint density at radius 3 is 2.34 bits per heavy atom. The molecule has 2 saturated heterocycles. The lowest BCUT2D eigenvalue weighted by molar-refractivity contribution is -0.181. The molecule has 0 aliphatic carbocycles. The van der Waals surface area contributed by atoms with E-state index in [1.165, 1.54) is 5.56 Å². The molecule has 3 aliphatic rings. The number of hydrogen-bond donors (Lipinski definition) is 1. The van der Waals surface area contributed by atoms with Gasteiger partial charge in [-0.15, -0.1) is 0 Å². The van der Waals surface area contributed by atoms with Crippen LogP contribution in [-0.4, -0.2) is 55.5 Å². The number of likely N-dealkylation sites (tertiary alicyclic amines) is 1. The van der Waals surface area contributed by atoms with Crippen LogP contribution in [0, 0.1) is 0 Å². The number of fused-ring (bicyclic) bond motifs is 1. The van der Waals surface area contributed by atoms with Crippen molar-refractivity contribution in [1.29, 1.82) is 0 Å². The van der Waals surface area contributed by atoms with Crippen LogP contribution in [0.2, 0.25) is 0 Å². The second kappa shape index (κ2) is 8.92. The molecule has 0 radical (unpaired) electrons. The third-order valence-electron chi connectivity index (χ3n) is 6.61. The maximum absolute atomic E-state index is 13.0. The normalized spacial score (nSPS) is 20.0. The molecule has 2 fully saturated rings. The Bertz CT molecular complexity index is 975. The fourth-order valence-corrected chi connectivity index (χ4v) is 4.81.